The number of nitrogens with zero attached hydrogens (tertiary/aromatic N) is 3. The molecule has 0 fully saturated rings. The largest absolute Gasteiger partial charge is 0.481 e. The maximum Gasteiger partial charge on any atom is 0.308 e. The van der Waals surface area contributed by atoms with Gasteiger partial charge < -0.3 is 10.0 Å². The first-order valence-electron chi connectivity index (χ1n) is 7.92. The molecule has 2 rings (SSSR count). The molecule has 0 aliphatic carbocycles. The number of amides is 1. The van der Waals surface area contributed by atoms with Gasteiger partial charge in [0.15, 0.2) is 0 Å². The van der Waals surface area contributed by atoms with Crippen LogP contribution in [-0.4, -0.2) is 38.2 Å². The summed E-state index contributed by atoms with van der Waals surface area (Å²) in [5.74, 6) is -1.68. The summed E-state index contributed by atoms with van der Waals surface area (Å²) >= 11 is 0. The second kappa shape index (κ2) is 7.77. The van der Waals surface area contributed by atoms with Gasteiger partial charge in [0.25, 0.3) is 0 Å². The lowest BCUT2D eigenvalue weighted by Crippen LogP contribution is -2.38. The monoisotopic (exact) mass is 329 g/mol. The van der Waals surface area contributed by atoms with E-state index in [2.05, 4.69) is 5.10 Å². The zero-order valence-corrected chi connectivity index (χ0v) is 14.3. The van der Waals surface area contributed by atoms with Crippen LogP contribution in [0, 0.1) is 19.8 Å². The minimum Gasteiger partial charge on any atom is -0.481 e. The number of carboxylic acid groups (broad SMARTS) is 1. The van der Waals surface area contributed by atoms with Crippen LogP contribution in [0.4, 0.5) is 0 Å². The Bertz CT molecular complexity index is 710. The van der Waals surface area contributed by atoms with E-state index < -0.39 is 11.9 Å². The molecule has 0 unspecified atom stereocenters. The van der Waals surface area contributed by atoms with Crippen LogP contribution < -0.4 is 0 Å². The molecule has 1 aromatic carbocycles. The molecule has 1 aromatic heterocycles. The van der Waals surface area contributed by atoms with Gasteiger partial charge in [-0.15, -0.1) is 0 Å². The third-order valence-electron chi connectivity index (χ3n) is 3.87. The lowest BCUT2D eigenvalue weighted by atomic mass is 10.1. The molecule has 0 aliphatic heterocycles. The number of aliphatic carboxylic acids is 1. The van der Waals surface area contributed by atoms with E-state index in [9.17, 15) is 9.59 Å². The maximum absolute atomic E-state index is 12.7. The van der Waals surface area contributed by atoms with Crippen molar-refractivity contribution in [1.82, 2.24) is 14.7 Å². The van der Waals surface area contributed by atoms with Crippen LogP contribution in [0.2, 0.25) is 0 Å². The van der Waals surface area contributed by atoms with E-state index >= 15 is 0 Å². The lowest BCUT2D eigenvalue weighted by Gasteiger charge is -2.25. The Kier molecular flexibility index (Phi) is 5.73. The number of carbonyl (C=O) groups is 2. The highest BCUT2D eigenvalue weighted by molar-refractivity contribution is 5.77. The average Bonchev–Trinajstić information content (AvgIpc) is 2.85. The number of aryl methyl sites for hydroxylation is 2. The topological polar surface area (TPSA) is 75.4 Å². The Morgan fingerprint density at radius 3 is 2.46 bits per heavy atom. The molecule has 6 nitrogen and oxygen atoms in total. The first-order chi connectivity index (χ1) is 11.4. The van der Waals surface area contributed by atoms with E-state index in [0.717, 1.165) is 17.0 Å². The van der Waals surface area contributed by atoms with Crippen LogP contribution in [0.5, 0.6) is 0 Å². The fourth-order valence-electron chi connectivity index (χ4n) is 2.53. The summed E-state index contributed by atoms with van der Waals surface area (Å²) in [5.41, 5.74) is 2.73. The second-order valence-corrected chi connectivity index (χ2v) is 6.08. The number of benzene rings is 1. The molecule has 6 heteroatoms. The van der Waals surface area contributed by atoms with Crippen molar-refractivity contribution in [2.45, 2.75) is 33.9 Å². The summed E-state index contributed by atoms with van der Waals surface area (Å²) in [4.78, 5) is 25.5. The molecule has 1 heterocycles. The second-order valence-electron chi connectivity index (χ2n) is 6.08. The molecule has 0 radical (unpaired) electrons. The molecule has 128 valence electrons. The molecule has 0 spiro atoms. The molecule has 24 heavy (non-hydrogen) atoms. The molecule has 0 saturated carbocycles. The van der Waals surface area contributed by atoms with Gasteiger partial charge in [-0.1, -0.05) is 37.3 Å². The van der Waals surface area contributed by atoms with Crippen molar-refractivity contribution in [2.75, 3.05) is 6.54 Å². The summed E-state index contributed by atoms with van der Waals surface area (Å²) in [7, 11) is 0. The smallest absolute Gasteiger partial charge is 0.308 e. The molecular formula is C18H23N3O3. The molecule has 1 atom stereocenters. The van der Waals surface area contributed by atoms with E-state index in [1.165, 1.54) is 0 Å². The fourth-order valence-corrected chi connectivity index (χ4v) is 2.53. The van der Waals surface area contributed by atoms with Gasteiger partial charge in [0, 0.05) is 18.8 Å². The number of hydrogen-bond donors (Lipinski definition) is 1. The predicted octanol–water partition coefficient (Wildman–Crippen LogP) is 2.25. The van der Waals surface area contributed by atoms with Gasteiger partial charge in [-0.25, -0.2) is 0 Å². The Balaban J connectivity index is 2.15. The Morgan fingerprint density at radius 1 is 1.25 bits per heavy atom. The van der Waals surface area contributed by atoms with Crippen LogP contribution in [0.15, 0.2) is 36.4 Å². The number of carbonyl (C=O) groups excluding carboxylic acids is 1. The van der Waals surface area contributed by atoms with Crippen molar-refractivity contribution in [3.63, 3.8) is 0 Å². The summed E-state index contributed by atoms with van der Waals surface area (Å²) in [6.45, 7) is 6.05. The molecular weight excluding hydrogens is 306 g/mol. The molecule has 0 bridgehead atoms. The molecule has 0 aliphatic rings. The quantitative estimate of drug-likeness (QED) is 0.845. The normalized spacial score (nSPS) is 12.0. The van der Waals surface area contributed by atoms with Gasteiger partial charge in [-0.2, -0.15) is 5.10 Å². The standard InChI is InChI=1S/C18H23N3O3/c1-13(18(23)24)10-20(11-16-7-5-4-6-8-16)17(22)12-21-15(3)9-14(2)19-21/h4-9,13H,10-12H2,1-3H3,(H,23,24)/t13-/m0/s1. The number of hydrogen-bond acceptors (Lipinski definition) is 3. The third-order valence-corrected chi connectivity index (χ3v) is 3.87. The summed E-state index contributed by atoms with van der Waals surface area (Å²) < 4.78 is 1.65. The van der Waals surface area contributed by atoms with E-state index in [-0.39, 0.29) is 19.0 Å². The minimum atomic E-state index is -0.910. The lowest BCUT2D eigenvalue weighted by molar-refractivity contribution is -0.143. The molecule has 0 saturated heterocycles. The van der Waals surface area contributed by atoms with E-state index in [4.69, 9.17) is 5.11 Å². The van der Waals surface area contributed by atoms with Crippen molar-refractivity contribution in [2.24, 2.45) is 5.92 Å². The van der Waals surface area contributed by atoms with Crippen molar-refractivity contribution in [3.05, 3.63) is 53.3 Å². The summed E-state index contributed by atoms with van der Waals surface area (Å²) in [5, 5.41) is 13.5. The highest BCUT2D eigenvalue weighted by Crippen LogP contribution is 2.10. The molecule has 1 amide bonds. The fraction of sp³-hybridized carbons (Fsp3) is 0.389. The SMILES string of the molecule is Cc1cc(C)n(CC(=O)N(Cc2ccccc2)C[C@H](C)C(=O)O)n1. The van der Waals surface area contributed by atoms with Crippen LogP contribution in [-0.2, 0) is 22.7 Å². The van der Waals surface area contributed by atoms with Crippen molar-refractivity contribution >= 4 is 11.9 Å². The zero-order valence-electron chi connectivity index (χ0n) is 14.3. The van der Waals surface area contributed by atoms with Gasteiger partial charge in [-0.3, -0.25) is 14.3 Å². The van der Waals surface area contributed by atoms with E-state index in [1.807, 2.05) is 50.2 Å². The van der Waals surface area contributed by atoms with Crippen LogP contribution in [0.25, 0.3) is 0 Å². The van der Waals surface area contributed by atoms with Gasteiger partial charge >= 0.3 is 5.97 Å². The van der Waals surface area contributed by atoms with Crippen molar-refractivity contribution in [1.29, 1.82) is 0 Å². The highest BCUT2D eigenvalue weighted by Gasteiger charge is 2.21. The first-order valence-corrected chi connectivity index (χ1v) is 7.92. The Morgan fingerprint density at radius 2 is 1.92 bits per heavy atom. The minimum absolute atomic E-state index is 0.110. The van der Waals surface area contributed by atoms with Crippen LogP contribution in [0.3, 0.4) is 0 Å². The summed E-state index contributed by atoms with van der Waals surface area (Å²) in [6, 6.07) is 11.5. The van der Waals surface area contributed by atoms with E-state index in [0.29, 0.717) is 6.54 Å². The zero-order chi connectivity index (χ0) is 17.7. The van der Waals surface area contributed by atoms with Gasteiger partial charge in [0.05, 0.1) is 11.6 Å². The predicted molar refractivity (Wildman–Crippen MR) is 90.4 cm³/mol. The average molecular weight is 329 g/mol. The molecule has 2 aromatic rings. The van der Waals surface area contributed by atoms with Crippen LogP contribution >= 0.6 is 0 Å². The van der Waals surface area contributed by atoms with Gasteiger partial charge in [0.2, 0.25) is 5.91 Å². The van der Waals surface area contributed by atoms with Crippen LogP contribution in [0.1, 0.15) is 23.9 Å². The number of carboxylic acids is 1. The third kappa shape index (κ3) is 4.68. The maximum atomic E-state index is 12.7. The van der Waals surface area contributed by atoms with Gasteiger partial charge in [0.1, 0.15) is 6.54 Å². The summed E-state index contributed by atoms with van der Waals surface area (Å²) in [6.07, 6.45) is 0. The van der Waals surface area contributed by atoms with Gasteiger partial charge in [-0.05, 0) is 25.5 Å². The highest BCUT2D eigenvalue weighted by atomic mass is 16.4. The number of rotatable bonds is 7. The molecule has 1 N–H and O–H groups in total. The Labute approximate surface area is 141 Å². The Hall–Kier alpha value is -2.63. The van der Waals surface area contributed by atoms with Crippen molar-refractivity contribution in [3.8, 4) is 0 Å². The number of aromatic nitrogens is 2. The van der Waals surface area contributed by atoms with E-state index in [1.54, 1.807) is 16.5 Å². The van der Waals surface area contributed by atoms with Crippen molar-refractivity contribution < 1.29 is 14.7 Å². The first kappa shape index (κ1) is 17.7.